The molecule has 25 heavy (non-hydrogen) atoms. The largest absolute Gasteiger partial charge is 0.340 e. The lowest BCUT2D eigenvalue weighted by Crippen LogP contribution is -2.45. The van der Waals surface area contributed by atoms with E-state index < -0.39 is 40.2 Å². The average Bonchev–Trinajstić information content (AvgIpc) is 2.86. The Bertz CT molecular complexity index is 1020. The van der Waals surface area contributed by atoms with E-state index >= 15 is 0 Å². The highest BCUT2D eigenvalue weighted by Crippen LogP contribution is 2.18. The van der Waals surface area contributed by atoms with Crippen molar-refractivity contribution in [3.8, 4) is 0 Å². The van der Waals surface area contributed by atoms with Crippen LogP contribution in [0.15, 0.2) is 39.9 Å². The Hall–Kier alpha value is -3.29. The summed E-state index contributed by atoms with van der Waals surface area (Å²) in [6, 6.07) is 7.09. The first-order valence-electron chi connectivity index (χ1n) is 7.79. The van der Waals surface area contributed by atoms with Gasteiger partial charge in [0.2, 0.25) is 5.78 Å². The van der Waals surface area contributed by atoms with Crippen LogP contribution in [0.5, 0.6) is 0 Å². The predicted molar refractivity (Wildman–Crippen MR) is 88.0 cm³/mol. The van der Waals surface area contributed by atoms with Crippen molar-refractivity contribution in [3.63, 3.8) is 0 Å². The summed E-state index contributed by atoms with van der Waals surface area (Å²) in [5.74, 6) is -1.51. The zero-order valence-corrected chi connectivity index (χ0v) is 13.7. The number of rotatable bonds is 4. The van der Waals surface area contributed by atoms with Gasteiger partial charge in [-0.25, -0.2) is 14.2 Å². The maximum Gasteiger partial charge on any atom is 0.340 e. The Labute approximate surface area is 141 Å². The highest BCUT2D eigenvalue weighted by molar-refractivity contribution is 6.19. The van der Waals surface area contributed by atoms with Crippen LogP contribution >= 0.6 is 0 Å². The summed E-state index contributed by atoms with van der Waals surface area (Å²) >= 11 is 0. The third-order valence-electron chi connectivity index (χ3n) is 4.11. The van der Waals surface area contributed by atoms with Crippen molar-refractivity contribution >= 4 is 17.7 Å². The van der Waals surface area contributed by atoms with E-state index in [2.05, 4.69) is 0 Å². The molecular weight excluding hydrogens is 326 g/mol. The molecule has 1 aliphatic rings. The van der Waals surface area contributed by atoms with Gasteiger partial charge in [0, 0.05) is 18.7 Å². The van der Waals surface area contributed by atoms with E-state index in [9.17, 15) is 24.0 Å². The fraction of sp³-hybridized carbons (Fsp3) is 0.235. The summed E-state index contributed by atoms with van der Waals surface area (Å²) in [4.78, 5) is 63.8. The van der Waals surface area contributed by atoms with Crippen LogP contribution in [0.2, 0.25) is 0 Å². The third kappa shape index (κ3) is 2.25. The molecule has 2 aromatic rings. The Morgan fingerprint density at radius 1 is 0.960 bits per heavy atom. The quantitative estimate of drug-likeness (QED) is 0.763. The van der Waals surface area contributed by atoms with Gasteiger partial charge in [0.1, 0.15) is 11.3 Å². The summed E-state index contributed by atoms with van der Waals surface area (Å²) in [6.07, 6.45) is 0. The molecular formula is C17H15N3O5. The Morgan fingerprint density at radius 3 is 2.16 bits per heavy atom. The average molecular weight is 341 g/mol. The number of aromatic nitrogens is 2. The SMILES string of the molecule is CCN1C(=O)c2c(C(=O)c3ccccc3)c(=O)n(CC)c(=O)n2C1=O. The zero-order valence-electron chi connectivity index (χ0n) is 13.7. The van der Waals surface area contributed by atoms with Crippen molar-refractivity contribution in [3.05, 3.63) is 68.0 Å². The summed E-state index contributed by atoms with van der Waals surface area (Å²) in [5.41, 5.74) is -2.51. The van der Waals surface area contributed by atoms with Crippen LogP contribution in [0, 0.1) is 0 Å². The predicted octanol–water partition coefficient (Wildman–Crippen LogP) is 0.705. The molecule has 0 bridgehead atoms. The molecule has 0 saturated carbocycles. The fourth-order valence-electron chi connectivity index (χ4n) is 2.86. The number of imide groups is 1. The van der Waals surface area contributed by atoms with Crippen molar-refractivity contribution in [2.75, 3.05) is 6.54 Å². The van der Waals surface area contributed by atoms with Gasteiger partial charge in [-0.2, -0.15) is 0 Å². The molecule has 0 atom stereocenters. The summed E-state index contributed by atoms with van der Waals surface area (Å²) in [6.45, 7) is 3.11. The van der Waals surface area contributed by atoms with Crippen molar-refractivity contribution < 1.29 is 14.4 Å². The molecule has 0 N–H and O–H groups in total. The van der Waals surface area contributed by atoms with Crippen LogP contribution < -0.4 is 11.2 Å². The van der Waals surface area contributed by atoms with Crippen LogP contribution in [0.1, 0.15) is 40.3 Å². The molecule has 2 heterocycles. The molecule has 0 saturated heterocycles. The number of benzene rings is 1. The number of ketones is 1. The van der Waals surface area contributed by atoms with Gasteiger partial charge in [0.15, 0.2) is 0 Å². The first-order valence-corrected chi connectivity index (χ1v) is 7.79. The zero-order chi connectivity index (χ0) is 18.3. The third-order valence-corrected chi connectivity index (χ3v) is 4.11. The van der Waals surface area contributed by atoms with Gasteiger partial charge < -0.3 is 0 Å². The van der Waals surface area contributed by atoms with Crippen LogP contribution in [-0.2, 0) is 6.54 Å². The molecule has 1 aromatic heterocycles. The van der Waals surface area contributed by atoms with Gasteiger partial charge in [0.25, 0.3) is 11.5 Å². The van der Waals surface area contributed by atoms with Gasteiger partial charge in [-0.1, -0.05) is 30.3 Å². The second-order valence-corrected chi connectivity index (χ2v) is 5.42. The second kappa shape index (κ2) is 5.97. The maximum absolute atomic E-state index is 12.8. The number of hydrogen-bond acceptors (Lipinski definition) is 5. The maximum atomic E-state index is 12.8. The number of carbonyl (C=O) groups is 3. The topological polar surface area (TPSA) is 98.4 Å². The first-order chi connectivity index (χ1) is 11.9. The fourth-order valence-corrected chi connectivity index (χ4v) is 2.86. The van der Waals surface area contributed by atoms with E-state index in [-0.39, 0.29) is 18.7 Å². The molecule has 128 valence electrons. The molecule has 3 rings (SSSR count). The number of fused-ring (bicyclic) bond motifs is 1. The van der Waals surface area contributed by atoms with Crippen LogP contribution in [0.25, 0.3) is 0 Å². The second-order valence-electron chi connectivity index (χ2n) is 5.42. The summed E-state index contributed by atoms with van der Waals surface area (Å²) < 4.78 is 1.40. The van der Waals surface area contributed by atoms with E-state index in [1.165, 1.54) is 12.1 Å². The van der Waals surface area contributed by atoms with E-state index in [0.29, 0.717) is 4.57 Å². The van der Waals surface area contributed by atoms with Crippen LogP contribution in [-0.4, -0.2) is 38.3 Å². The minimum Gasteiger partial charge on any atom is -0.288 e. The molecule has 1 aliphatic heterocycles. The lowest BCUT2D eigenvalue weighted by Gasteiger charge is -2.09. The monoisotopic (exact) mass is 341 g/mol. The van der Waals surface area contributed by atoms with Crippen molar-refractivity contribution in [2.24, 2.45) is 0 Å². The van der Waals surface area contributed by atoms with Gasteiger partial charge in [-0.05, 0) is 13.8 Å². The molecule has 0 aliphatic carbocycles. The summed E-state index contributed by atoms with van der Waals surface area (Å²) in [7, 11) is 0. The van der Waals surface area contributed by atoms with Gasteiger partial charge >= 0.3 is 11.7 Å². The molecule has 0 fully saturated rings. The standard InChI is InChI=1S/C17H15N3O5/c1-3-18-14(22)11(13(21)10-8-6-5-7-9-10)12-15(23)19(4-2)17(25)20(12)16(18)24/h5-9H,3-4H2,1-2H3. The summed E-state index contributed by atoms with van der Waals surface area (Å²) in [5, 5.41) is 0. The van der Waals surface area contributed by atoms with Crippen molar-refractivity contribution in [2.45, 2.75) is 20.4 Å². The van der Waals surface area contributed by atoms with E-state index in [1.807, 2.05) is 0 Å². The minimum atomic E-state index is -0.915. The van der Waals surface area contributed by atoms with Crippen molar-refractivity contribution in [1.82, 2.24) is 14.0 Å². The molecule has 8 nitrogen and oxygen atoms in total. The number of amides is 2. The Balaban J connectivity index is 2.40. The lowest BCUT2D eigenvalue weighted by atomic mass is 10.0. The molecule has 2 amide bonds. The first kappa shape index (κ1) is 16.6. The highest BCUT2D eigenvalue weighted by atomic mass is 16.2. The van der Waals surface area contributed by atoms with Crippen LogP contribution in [0.3, 0.4) is 0 Å². The van der Waals surface area contributed by atoms with Crippen molar-refractivity contribution in [1.29, 1.82) is 0 Å². The van der Waals surface area contributed by atoms with E-state index in [4.69, 9.17) is 0 Å². The minimum absolute atomic E-state index is 0.0259. The van der Waals surface area contributed by atoms with E-state index in [0.717, 1.165) is 9.47 Å². The smallest absolute Gasteiger partial charge is 0.288 e. The molecule has 1 aromatic carbocycles. The molecule has 0 radical (unpaired) electrons. The normalized spacial score (nSPS) is 13.3. The van der Waals surface area contributed by atoms with Gasteiger partial charge in [-0.15, -0.1) is 0 Å². The Morgan fingerprint density at radius 2 is 1.60 bits per heavy atom. The van der Waals surface area contributed by atoms with Crippen LogP contribution in [0.4, 0.5) is 4.79 Å². The van der Waals surface area contributed by atoms with Gasteiger partial charge in [-0.3, -0.25) is 23.9 Å². The lowest BCUT2D eigenvalue weighted by molar-refractivity contribution is 0.0833. The highest BCUT2D eigenvalue weighted by Gasteiger charge is 2.41. The molecule has 8 heteroatoms. The number of hydrogen-bond donors (Lipinski definition) is 0. The van der Waals surface area contributed by atoms with Gasteiger partial charge in [0.05, 0.1) is 0 Å². The number of nitrogens with zero attached hydrogens (tertiary/aromatic N) is 3. The molecule has 0 spiro atoms. The molecule has 0 unspecified atom stereocenters. The van der Waals surface area contributed by atoms with E-state index in [1.54, 1.807) is 32.0 Å². The Kier molecular flexibility index (Phi) is 3.96. The number of carbonyl (C=O) groups excluding carboxylic acids is 3.